The monoisotopic (exact) mass is 360 g/mol. The van der Waals surface area contributed by atoms with Gasteiger partial charge in [0.05, 0.1) is 16.3 Å². The smallest absolute Gasteiger partial charge is 0.252 e. The highest BCUT2D eigenvalue weighted by Crippen LogP contribution is 2.08. The molecule has 0 radical (unpaired) electrons. The predicted octanol–water partition coefficient (Wildman–Crippen LogP) is 1.37. The van der Waals surface area contributed by atoms with Crippen LogP contribution in [0.2, 0.25) is 0 Å². The zero-order valence-corrected chi connectivity index (χ0v) is 15.4. The van der Waals surface area contributed by atoms with Crippen molar-refractivity contribution < 1.29 is 4.79 Å². The Balaban J connectivity index is 1.71. The number of aromatic nitrogens is 2. The van der Waals surface area contributed by atoms with E-state index in [2.05, 4.69) is 36.3 Å². The molecule has 0 aliphatic carbocycles. The Morgan fingerprint density at radius 2 is 2.12 bits per heavy atom. The summed E-state index contributed by atoms with van der Waals surface area (Å²) < 4.78 is 0. The number of thiazole rings is 1. The van der Waals surface area contributed by atoms with E-state index in [-0.39, 0.29) is 5.91 Å². The van der Waals surface area contributed by atoms with Crippen LogP contribution >= 0.6 is 11.3 Å². The molecule has 2 heterocycles. The largest absolute Gasteiger partial charge is 0.357 e. The number of carbonyl (C=O) groups excluding carboxylic acids is 1. The number of pyridine rings is 1. The van der Waals surface area contributed by atoms with Crippen molar-refractivity contribution in [2.45, 2.75) is 20.3 Å². The van der Waals surface area contributed by atoms with Crippen molar-refractivity contribution in [1.29, 1.82) is 0 Å². The predicted molar refractivity (Wildman–Crippen MR) is 101 cm³/mol. The van der Waals surface area contributed by atoms with Crippen molar-refractivity contribution in [3.8, 4) is 0 Å². The molecule has 0 fully saturated rings. The molecule has 0 aromatic carbocycles. The summed E-state index contributed by atoms with van der Waals surface area (Å²) in [6.45, 7) is 6.56. The fraction of sp³-hybridized carbons (Fsp3) is 0.412. The first-order chi connectivity index (χ1) is 12.2. The minimum absolute atomic E-state index is 0.129. The minimum Gasteiger partial charge on any atom is -0.357 e. The third-order valence-corrected chi connectivity index (χ3v) is 4.10. The van der Waals surface area contributed by atoms with Crippen molar-refractivity contribution in [3.63, 3.8) is 0 Å². The molecule has 134 valence electrons. The third kappa shape index (κ3) is 6.88. The number of carbonyl (C=O) groups is 1. The normalized spacial score (nSPS) is 11.2. The quantitative estimate of drug-likeness (QED) is 0.376. The van der Waals surface area contributed by atoms with Crippen molar-refractivity contribution in [1.82, 2.24) is 25.9 Å². The average Bonchev–Trinajstić information content (AvgIpc) is 3.04. The molecule has 0 aliphatic rings. The molecule has 2 aromatic rings. The Morgan fingerprint density at radius 1 is 1.28 bits per heavy atom. The first-order valence-corrected chi connectivity index (χ1v) is 9.18. The Kier molecular flexibility index (Phi) is 7.84. The molecule has 2 rings (SSSR count). The Labute approximate surface area is 152 Å². The van der Waals surface area contributed by atoms with Gasteiger partial charge in [-0.25, -0.2) is 4.98 Å². The van der Waals surface area contributed by atoms with Gasteiger partial charge in [0.2, 0.25) is 0 Å². The van der Waals surface area contributed by atoms with Gasteiger partial charge in [-0.15, -0.1) is 11.3 Å². The number of hydrogen-bond acceptors (Lipinski definition) is 5. The van der Waals surface area contributed by atoms with E-state index >= 15 is 0 Å². The minimum atomic E-state index is -0.129. The summed E-state index contributed by atoms with van der Waals surface area (Å²) in [5, 5.41) is 12.4. The molecule has 1 amide bonds. The van der Waals surface area contributed by atoms with Crippen LogP contribution in [0, 0.1) is 6.92 Å². The van der Waals surface area contributed by atoms with E-state index in [1.165, 1.54) is 0 Å². The van der Waals surface area contributed by atoms with Gasteiger partial charge in [-0.1, -0.05) is 0 Å². The number of rotatable bonds is 8. The summed E-state index contributed by atoms with van der Waals surface area (Å²) >= 11 is 1.66. The summed E-state index contributed by atoms with van der Waals surface area (Å²) in [6, 6.07) is 3.48. The van der Waals surface area contributed by atoms with Crippen LogP contribution < -0.4 is 16.0 Å². The highest BCUT2D eigenvalue weighted by Gasteiger charge is 2.04. The lowest BCUT2D eigenvalue weighted by molar-refractivity contribution is 0.0954. The topological polar surface area (TPSA) is 91.3 Å². The number of hydrogen-bond donors (Lipinski definition) is 3. The van der Waals surface area contributed by atoms with Crippen LogP contribution in [0.5, 0.6) is 0 Å². The molecule has 3 N–H and O–H groups in total. The number of guanidine groups is 1. The summed E-state index contributed by atoms with van der Waals surface area (Å²) in [5.41, 5.74) is 1.63. The molecule has 0 bridgehead atoms. The summed E-state index contributed by atoms with van der Waals surface area (Å²) in [7, 11) is 0. The Hall–Kier alpha value is -2.48. The van der Waals surface area contributed by atoms with Crippen LogP contribution in [0.1, 0.15) is 28.0 Å². The molecule has 25 heavy (non-hydrogen) atoms. The second-order valence-corrected chi connectivity index (χ2v) is 6.36. The standard InChI is InChI=1S/C17H24N6OS/c1-3-19-17(21-8-6-15-12-25-13(2)23-15)22-10-9-20-16(24)14-5-4-7-18-11-14/h4-5,7,11-12H,3,6,8-10H2,1-2H3,(H,20,24)(H2,19,21,22). The number of aliphatic imine (C=N–C) groups is 1. The van der Waals surface area contributed by atoms with Crippen molar-refractivity contribution in [2.75, 3.05) is 26.2 Å². The SMILES string of the molecule is CCNC(=NCCc1csc(C)n1)NCCNC(=O)c1cccnc1. The van der Waals surface area contributed by atoms with Gasteiger partial charge in [0.1, 0.15) is 0 Å². The van der Waals surface area contributed by atoms with Crippen LogP contribution in [0.4, 0.5) is 0 Å². The Morgan fingerprint density at radius 3 is 2.80 bits per heavy atom. The molecule has 0 unspecified atom stereocenters. The van der Waals surface area contributed by atoms with E-state index in [9.17, 15) is 4.79 Å². The third-order valence-electron chi connectivity index (χ3n) is 3.28. The van der Waals surface area contributed by atoms with E-state index in [1.807, 2.05) is 13.8 Å². The molecule has 0 saturated carbocycles. The van der Waals surface area contributed by atoms with Crippen LogP contribution in [0.3, 0.4) is 0 Å². The van der Waals surface area contributed by atoms with E-state index in [4.69, 9.17) is 0 Å². The summed E-state index contributed by atoms with van der Waals surface area (Å²) in [5.74, 6) is 0.612. The van der Waals surface area contributed by atoms with Crippen LogP contribution in [-0.4, -0.2) is 48.0 Å². The van der Waals surface area contributed by atoms with Crippen molar-refractivity contribution in [3.05, 3.63) is 46.2 Å². The molecular weight excluding hydrogens is 336 g/mol. The second-order valence-electron chi connectivity index (χ2n) is 5.29. The molecule has 8 heteroatoms. The summed E-state index contributed by atoms with van der Waals surface area (Å²) in [4.78, 5) is 24.8. The average molecular weight is 360 g/mol. The van der Waals surface area contributed by atoms with Gasteiger partial charge in [-0.2, -0.15) is 0 Å². The lowest BCUT2D eigenvalue weighted by atomic mass is 10.3. The first-order valence-electron chi connectivity index (χ1n) is 8.30. The van der Waals surface area contributed by atoms with Crippen LogP contribution in [0.25, 0.3) is 0 Å². The fourth-order valence-electron chi connectivity index (χ4n) is 2.10. The molecule has 0 spiro atoms. The van der Waals surface area contributed by atoms with Crippen molar-refractivity contribution >= 4 is 23.2 Å². The van der Waals surface area contributed by atoms with Gasteiger partial charge in [0.25, 0.3) is 5.91 Å². The van der Waals surface area contributed by atoms with Gasteiger partial charge in [0, 0.05) is 50.4 Å². The molecule has 0 atom stereocenters. The fourth-order valence-corrected chi connectivity index (χ4v) is 2.75. The zero-order valence-electron chi connectivity index (χ0n) is 14.6. The van der Waals surface area contributed by atoms with E-state index in [1.54, 1.807) is 35.9 Å². The molecule has 0 saturated heterocycles. The molecule has 7 nitrogen and oxygen atoms in total. The zero-order chi connectivity index (χ0) is 17.9. The molecule has 2 aromatic heterocycles. The van der Waals surface area contributed by atoms with E-state index in [0.717, 1.165) is 29.6 Å². The van der Waals surface area contributed by atoms with Gasteiger partial charge in [-0.3, -0.25) is 14.8 Å². The van der Waals surface area contributed by atoms with E-state index < -0.39 is 0 Å². The molecular formula is C17H24N6OS. The van der Waals surface area contributed by atoms with Gasteiger partial charge >= 0.3 is 0 Å². The maximum Gasteiger partial charge on any atom is 0.252 e. The number of nitrogens with one attached hydrogen (secondary N) is 3. The maximum atomic E-state index is 11.9. The van der Waals surface area contributed by atoms with Crippen LogP contribution in [-0.2, 0) is 6.42 Å². The van der Waals surface area contributed by atoms with Gasteiger partial charge < -0.3 is 16.0 Å². The number of aryl methyl sites for hydroxylation is 1. The highest BCUT2D eigenvalue weighted by molar-refractivity contribution is 7.09. The first kappa shape index (κ1) is 18.9. The highest BCUT2D eigenvalue weighted by atomic mass is 32.1. The number of amides is 1. The lowest BCUT2D eigenvalue weighted by Gasteiger charge is -2.11. The lowest BCUT2D eigenvalue weighted by Crippen LogP contribution is -2.41. The summed E-state index contributed by atoms with van der Waals surface area (Å²) in [6.07, 6.45) is 4.01. The second kappa shape index (κ2) is 10.4. The van der Waals surface area contributed by atoms with Gasteiger partial charge in [0.15, 0.2) is 5.96 Å². The molecule has 0 aliphatic heterocycles. The number of nitrogens with zero attached hydrogens (tertiary/aromatic N) is 3. The van der Waals surface area contributed by atoms with E-state index in [0.29, 0.717) is 25.2 Å². The van der Waals surface area contributed by atoms with Crippen molar-refractivity contribution in [2.24, 2.45) is 4.99 Å². The maximum absolute atomic E-state index is 11.9. The Bertz CT molecular complexity index is 685. The van der Waals surface area contributed by atoms with Crippen LogP contribution in [0.15, 0.2) is 34.9 Å². The van der Waals surface area contributed by atoms with Gasteiger partial charge in [-0.05, 0) is 26.0 Å².